The molecule has 1 heterocycles. The molecule has 1 atom stereocenters. The fourth-order valence-corrected chi connectivity index (χ4v) is 2.26. The number of hydrogen-bond acceptors (Lipinski definition) is 4. The highest BCUT2D eigenvalue weighted by atomic mass is 16.2. The first kappa shape index (κ1) is 18.4. The number of H-pyrrole nitrogens is 1. The second kappa shape index (κ2) is 11.0. The molecule has 0 aliphatic heterocycles. The highest BCUT2D eigenvalue weighted by Crippen LogP contribution is 2.08. The molecule has 0 unspecified atom stereocenters. The fourth-order valence-electron chi connectivity index (χ4n) is 2.26. The molecule has 4 N–H and O–H groups in total. The van der Waals surface area contributed by atoms with Crippen LogP contribution in [0.25, 0.3) is 0 Å². The minimum Gasteiger partial charge on any atom is -0.348 e. The molecule has 22 heavy (non-hydrogen) atoms. The predicted molar refractivity (Wildman–Crippen MR) is 86.0 cm³/mol. The van der Waals surface area contributed by atoms with Gasteiger partial charge in [0.05, 0.1) is 12.4 Å². The molecule has 0 fully saturated rings. The first-order chi connectivity index (χ1) is 10.6. The molecular weight excluding hydrogens is 280 g/mol. The largest absolute Gasteiger partial charge is 0.348 e. The van der Waals surface area contributed by atoms with Crippen molar-refractivity contribution < 1.29 is 9.59 Å². The van der Waals surface area contributed by atoms with Gasteiger partial charge in [0.15, 0.2) is 0 Å². The lowest BCUT2D eigenvalue weighted by Crippen LogP contribution is -2.44. The van der Waals surface area contributed by atoms with Gasteiger partial charge in [0.2, 0.25) is 11.8 Å². The molecule has 1 aromatic heterocycles. The minimum atomic E-state index is -0.738. The van der Waals surface area contributed by atoms with Gasteiger partial charge < -0.3 is 10.7 Å². The molecule has 124 valence electrons. The monoisotopic (exact) mass is 308 g/mol. The van der Waals surface area contributed by atoms with E-state index in [0.29, 0.717) is 12.8 Å². The van der Waals surface area contributed by atoms with Gasteiger partial charge in [-0.05, 0) is 6.42 Å². The average Bonchev–Trinajstić information content (AvgIpc) is 2.99. The van der Waals surface area contributed by atoms with Crippen LogP contribution >= 0.6 is 0 Å². The van der Waals surface area contributed by atoms with Crippen LogP contribution < -0.4 is 11.1 Å². The van der Waals surface area contributed by atoms with Crippen molar-refractivity contribution in [2.45, 2.75) is 70.8 Å². The SMILES string of the molecule is CCCCCCCCCC(=O)NC(=O)[C@@H](N)Cc1cnc[nH]1. The first-order valence-electron chi connectivity index (χ1n) is 8.20. The zero-order valence-electron chi connectivity index (χ0n) is 13.4. The van der Waals surface area contributed by atoms with Crippen LogP contribution in [0.15, 0.2) is 12.5 Å². The molecule has 0 aliphatic carbocycles. The van der Waals surface area contributed by atoms with Gasteiger partial charge in [-0.25, -0.2) is 4.98 Å². The molecule has 0 spiro atoms. The minimum absolute atomic E-state index is 0.237. The van der Waals surface area contributed by atoms with Gasteiger partial charge in [0, 0.05) is 24.7 Å². The lowest BCUT2D eigenvalue weighted by molar-refractivity contribution is -0.131. The second-order valence-electron chi connectivity index (χ2n) is 5.67. The summed E-state index contributed by atoms with van der Waals surface area (Å²) in [5, 5.41) is 2.37. The van der Waals surface area contributed by atoms with Crippen molar-refractivity contribution in [1.82, 2.24) is 15.3 Å². The number of nitrogens with zero attached hydrogens (tertiary/aromatic N) is 1. The van der Waals surface area contributed by atoms with Gasteiger partial charge in [-0.1, -0.05) is 45.4 Å². The van der Waals surface area contributed by atoms with E-state index in [2.05, 4.69) is 22.2 Å². The van der Waals surface area contributed by atoms with Crippen molar-refractivity contribution >= 4 is 11.8 Å². The highest BCUT2D eigenvalue weighted by molar-refractivity contribution is 5.97. The maximum Gasteiger partial charge on any atom is 0.243 e. The fraction of sp³-hybridized carbons (Fsp3) is 0.688. The summed E-state index contributed by atoms with van der Waals surface area (Å²) in [6.07, 6.45) is 11.9. The van der Waals surface area contributed by atoms with Crippen LogP contribution in [0.1, 0.15) is 64.0 Å². The zero-order valence-corrected chi connectivity index (χ0v) is 13.4. The van der Waals surface area contributed by atoms with Crippen molar-refractivity contribution in [3.8, 4) is 0 Å². The zero-order chi connectivity index (χ0) is 16.2. The van der Waals surface area contributed by atoms with Crippen LogP contribution in [0, 0.1) is 0 Å². The maximum atomic E-state index is 11.8. The summed E-state index contributed by atoms with van der Waals surface area (Å²) in [7, 11) is 0. The van der Waals surface area contributed by atoms with Crippen LogP contribution in [0.5, 0.6) is 0 Å². The number of imidazole rings is 1. The van der Waals surface area contributed by atoms with E-state index in [1.807, 2.05) is 0 Å². The summed E-state index contributed by atoms with van der Waals surface area (Å²) >= 11 is 0. The number of rotatable bonds is 11. The Morgan fingerprint density at radius 2 is 1.91 bits per heavy atom. The van der Waals surface area contributed by atoms with E-state index < -0.39 is 11.9 Å². The molecule has 0 aromatic carbocycles. The molecule has 1 rings (SSSR count). The number of aromatic nitrogens is 2. The normalized spacial score (nSPS) is 12.1. The standard InChI is InChI=1S/C16H28N4O2/c1-2-3-4-5-6-7-8-9-15(21)20-16(22)14(17)10-13-11-18-12-19-13/h11-12,14H,2-10,17H2,1H3,(H,18,19)(H,20,21,22)/t14-/m0/s1. The van der Waals surface area contributed by atoms with Gasteiger partial charge in [-0.3, -0.25) is 14.9 Å². The Kier molecular flexibility index (Phi) is 9.14. The van der Waals surface area contributed by atoms with E-state index in [9.17, 15) is 9.59 Å². The van der Waals surface area contributed by atoms with Crippen molar-refractivity contribution in [1.29, 1.82) is 0 Å². The van der Waals surface area contributed by atoms with Crippen LogP contribution in [0.2, 0.25) is 0 Å². The number of hydrogen-bond donors (Lipinski definition) is 3. The lowest BCUT2D eigenvalue weighted by Gasteiger charge is -2.10. The van der Waals surface area contributed by atoms with Gasteiger partial charge in [0.25, 0.3) is 0 Å². The highest BCUT2D eigenvalue weighted by Gasteiger charge is 2.17. The van der Waals surface area contributed by atoms with Crippen LogP contribution in [0.3, 0.4) is 0 Å². The third-order valence-electron chi connectivity index (χ3n) is 3.60. The van der Waals surface area contributed by atoms with Gasteiger partial charge >= 0.3 is 0 Å². The maximum absolute atomic E-state index is 11.8. The number of amides is 2. The number of nitrogens with two attached hydrogens (primary N) is 1. The van der Waals surface area contributed by atoms with Crippen molar-refractivity contribution in [3.05, 3.63) is 18.2 Å². The Bertz CT molecular complexity index is 431. The molecule has 1 aromatic rings. The van der Waals surface area contributed by atoms with Gasteiger partial charge in [-0.2, -0.15) is 0 Å². The van der Waals surface area contributed by atoms with Crippen molar-refractivity contribution in [2.75, 3.05) is 0 Å². The predicted octanol–water partition coefficient (Wildman–Crippen LogP) is 2.06. The summed E-state index contributed by atoms with van der Waals surface area (Å²) < 4.78 is 0. The number of nitrogens with one attached hydrogen (secondary N) is 2. The van der Waals surface area contributed by atoms with Crippen LogP contribution in [0.4, 0.5) is 0 Å². The molecule has 0 aliphatic rings. The van der Waals surface area contributed by atoms with E-state index in [1.54, 1.807) is 6.20 Å². The molecule has 2 amide bonds. The summed E-state index contributed by atoms with van der Waals surface area (Å²) in [5.74, 6) is -0.666. The van der Waals surface area contributed by atoms with Gasteiger partial charge in [0.1, 0.15) is 0 Å². The van der Waals surface area contributed by atoms with E-state index in [-0.39, 0.29) is 5.91 Å². The summed E-state index contributed by atoms with van der Waals surface area (Å²) in [6.45, 7) is 2.19. The molecule has 0 saturated carbocycles. The molecule has 0 radical (unpaired) electrons. The molecule has 6 heteroatoms. The number of carbonyl (C=O) groups excluding carboxylic acids is 2. The van der Waals surface area contributed by atoms with E-state index in [0.717, 1.165) is 25.0 Å². The molecular formula is C16H28N4O2. The second-order valence-corrected chi connectivity index (χ2v) is 5.67. The van der Waals surface area contributed by atoms with E-state index in [4.69, 9.17) is 5.73 Å². The Morgan fingerprint density at radius 1 is 1.23 bits per heavy atom. The molecule has 6 nitrogen and oxygen atoms in total. The first-order valence-corrected chi connectivity index (χ1v) is 8.20. The lowest BCUT2D eigenvalue weighted by atomic mass is 10.1. The topological polar surface area (TPSA) is 101 Å². The molecule has 0 bridgehead atoms. The Morgan fingerprint density at radius 3 is 2.55 bits per heavy atom. The summed E-state index contributed by atoms with van der Waals surface area (Å²) in [5.41, 5.74) is 6.55. The Balaban J connectivity index is 2.09. The number of unbranched alkanes of at least 4 members (excludes halogenated alkanes) is 6. The average molecular weight is 308 g/mol. The number of imide groups is 1. The molecule has 0 saturated heterocycles. The quantitative estimate of drug-likeness (QED) is 0.545. The van der Waals surface area contributed by atoms with Crippen molar-refractivity contribution in [3.63, 3.8) is 0 Å². The third-order valence-corrected chi connectivity index (χ3v) is 3.60. The number of aromatic amines is 1. The Labute approximate surface area is 132 Å². The van der Waals surface area contributed by atoms with Gasteiger partial charge in [-0.15, -0.1) is 0 Å². The van der Waals surface area contributed by atoms with E-state index >= 15 is 0 Å². The summed E-state index contributed by atoms with van der Waals surface area (Å²) in [4.78, 5) is 30.2. The van der Waals surface area contributed by atoms with Crippen molar-refractivity contribution in [2.24, 2.45) is 5.73 Å². The Hall–Kier alpha value is -1.69. The van der Waals surface area contributed by atoms with Crippen LogP contribution in [-0.4, -0.2) is 27.8 Å². The van der Waals surface area contributed by atoms with Crippen LogP contribution in [-0.2, 0) is 16.0 Å². The van der Waals surface area contributed by atoms with E-state index in [1.165, 1.54) is 32.0 Å². The number of carbonyl (C=O) groups is 2. The third kappa shape index (κ3) is 7.93. The smallest absolute Gasteiger partial charge is 0.243 e. The summed E-state index contributed by atoms with van der Waals surface area (Å²) in [6, 6.07) is -0.738.